The highest BCUT2D eigenvalue weighted by Gasteiger charge is 2.55. The van der Waals surface area contributed by atoms with E-state index in [1.165, 1.54) is 11.0 Å². The number of sulfone groups is 1. The highest BCUT2D eigenvalue weighted by molar-refractivity contribution is 7.94. The van der Waals surface area contributed by atoms with Gasteiger partial charge < -0.3 is 4.90 Å². The number of nitrogens with zero attached hydrogens (tertiary/aromatic N) is 1. The van der Waals surface area contributed by atoms with E-state index in [-0.39, 0.29) is 17.7 Å². The van der Waals surface area contributed by atoms with Crippen molar-refractivity contribution >= 4 is 15.7 Å². The molecule has 1 heterocycles. The van der Waals surface area contributed by atoms with Crippen LogP contribution in [0.2, 0.25) is 0 Å². The second-order valence-corrected chi connectivity index (χ2v) is 6.67. The quantitative estimate of drug-likeness (QED) is 0.621. The van der Waals surface area contributed by atoms with Gasteiger partial charge in [0.05, 0.1) is 16.5 Å². The van der Waals surface area contributed by atoms with E-state index in [1.54, 1.807) is 20.9 Å². The van der Waals surface area contributed by atoms with Gasteiger partial charge in [-0.2, -0.15) is 0 Å². The van der Waals surface area contributed by atoms with E-state index in [1.807, 2.05) is 0 Å². The Bertz CT molecular complexity index is 370. The van der Waals surface area contributed by atoms with Crippen molar-refractivity contribution in [3.63, 3.8) is 0 Å². The molecule has 1 atom stereocenters. The molecule has 0 spiro atoms. The normalized spacial score (nSPS) is 27.5. The maximum absolute atomic E-state index is 11.4. The number of carbonyl (C=O) groups excluding carboxylic acids is 1. The molecule has 1 aliphatic rings. The molecule has 4 nitrogen and oxygen atoms in total. The van der Waals surface area contributed by atoms with E-state index < -0.39 is 14.6 Å². The fourth-order valence-corrected chi connectivity index (χ4v) is 3.45. The fraction of sp³-hybridized carbons (Fsp3) is 0.667. The predicted octanol–water partition coefficient (Wildman–Crippen LogP) is 0.206. The second kappa shape index (κ2) is 3.08. The molecule has 1 fully saturated rings. The van der Waals surface area contributed by atoms with Crippen molar-refractivity contribution in [2.75, 3.05) is 12.8 Å². The van der Waals surface area contributed by atoms with E-state index in [0.717, 1.165) is 0 Å². The monoisotopic (exact) mass is 217 g/mol. The minimum Gasteiger partial charge on any atom is -0.337 e. The van der Waals surface area contributed by atoms with Gasteiger partial charge in [0.15, 0.2) is 9.84 Å². The Kier molecular flexibility index (Phi) is 2.48. The number of likely N-dealkylation sites (N-methyl/N-ethyl adjacent to an activating group) is 1. The van der Waals surface area contributed by atoms with Crippen LogP contribution in [-0.2, 0) is 14.6 Å². The van der Waals surface area contributed by atoms with E-state index in [2.05, 4.69) is 6.58 Å². The molecule has 14 heavy (non-hydrogen) atoms. The Morgan fingerprint density at radius 3 is 2.36 bits per heavy atom. The summed E-state index contributed by atoms with van der Waals surface area (Å²) in [6, 6.07) is -0.238. The van der Waals surface area contributed by atoms with E-state index in [9.17, 15) is 13.2 Å². The topological polar surface area (TPSA) is 54.5 Å². The average molecular weight is 217 g/mol. The third-order valence-electron chi connectivity index (χ3n) is 2.97. The summed E-state index contributed by atoms with van der Waals surface area (Å²) in [5.41, 5.74) is 0. The van der Waals surface area contributed by atoms with Crippen LogP contribution in [-0.4, -0.2) is 42.8 Å². The predicted molar refractivity (Wildman–Crippen MR) is 54.6 cm³/mol. The maximum Gasteiger partial charge on any atom is 0.246 e. The number of hydrogen-bond acceptors (Lipinski definition) is 3. The first-order valence-electron chi connectivity index (χ1n) is 4.35. The van der Waals surface area contributed by atoms with Gasteiger partial charge in [-0.15, -0.1) is 0 Å². The summed E-state index contributed by atoms with van der Waals surface area (Å²) in [4.78, 5) is 12.7. The number of rotatable bonds is 2. The molecule has 0 N–H and O–H groups in total. The molecule has 1 aliphatic heterocycles. The third-order valence-corrected chi connectivity index (χ3v) is 5.60. The Balaban J connectivity index is 2.87. The fourth-order valence-electron chi connectivity index (χ4n) is 1.61. The lowest BCUT2D eigenvalue weighted by Gasteiger charge is -2.47. The van der Waals surface area contributed by atoms with Gasteiger partial charge in [0.2, 0.25) is 5.91 Å². The summed E-state index contributed by atoms with van der Waals surface area (Å²) in [6.07, 6.45) is 1.20. The first-order valence-corrected chi connectivity index (χ1v) is 6.01. The smallest absolute Gasteiger partial charge is 0.246 e. The van der Waals surface area contributed by atoms with Crippen molar-refractivity contribution in [1.82, 2.24) is 4.90 Å². The molecule has 1 rings (SSSR count). The number of amides is 1. The molecule has 0 aromatic carbocycles. The summed E-state index contributed by atoms with van der Waals surface area (Å²) in [5.74, 6) is -0.186. The van der Waals surface area contributed by atoms with Crippen molar-refractivity contribution in [3.8, 4) is 0 Å². The van der Waals surface area contributed by atoms with Gasteiger partial charge in [-0.25, -0.2) is 8.42 Å². The van der Waals surface area contributed by atoms with Crippen molar-refractivity contribution in [1.29, 1.82) is 0 Å². The molecule has 1 unspecified atom stereocenters. The van der Waals surface area contributed by atoms with E-state index in [0.29, 0.717) is 0 Å². The Labute approximate surface area is 84.5 Å². The van der Waals surface area contributed by atoms with Crippen LogP contribution in [0.4, 0.5) is 0 Å². The standard InChI is InChI=1S/C9H15NO3S/c1-5-8(11)10(4)7-6-14(12,13)9(7,2)3/h5,7H,1,6H2,2-4H3. The highest BCUT2D eigenvalue weighted by atomic mass is 32.2. The molecule has 0 aliphatic carbocycles. The van der Waals surface area contributed by atoms with Gasteiger partial charge in [0, 0.05) is 7.05 Å². The summed E-state index contributed by atoms with van der Waals surface area (Å²) >= 11 is 0. The molecule has 0 radical (unpaired) electrons. The van der Waals surface area contributed by atoms with Crippen LogP contribution >= 0.6 is 0 Å². The van der Waals surface area contributed by atoms with Crippen molar-refractivity contribution < 1.29 is 13.2 Å². The maximum atomic E-state index is 11.4. The second-order valence-electron chi connectivity index (χ2n) is 4.05. The lowest BCUT2D eigenvalue weighted by molar-refractivity contribution is -0.127. The van der Waals surface area contributed by atoms with E-state index >= 15 is 0 Å². The van der Waals surface area contributed by atoms with Gasteiger partial charge in [0.1, 0.15) is 0 Å². The van der Waals surface area contributed by atoms with Gasteiger partial charge in [0.25, 0.3) is 0 Å². The van der Waals surface area contributed by atoms with Gasteiger partial charge in [-0.1, -0.05) is 6.58 Å². The third kappa shape index (κ3) is 1.35. The SMILES string of the molecule is C=CC(=O)N(C)C1CS(=O)(=O)C1(C)C. The Hall–Kier alpha value is -0.840. The van der Waals surface area contributed by atoms with Crippen molar-refractivity contribution in [2.24, 2.45) is 0 Å². The van der Waals surface area contributed by atoms with Crippen molar-refractivity contribution in [2.45, 2.75) is 24.6 Å². The Morgan fingerprint density at radius 1 is 1.57 bits per heavy atom. The zero-order valence-electron chi connectivity index (χ0n) is 8.65. The Morgan fingerprint density at radius 2 is 2.07 bits per heavy atom. The van der Waals surface area contributed by atoms with Crippen LogP contribution in [0.1, 0.15) is 13.8 Å². The highest BCUT2D eigenvalue weighted by Crippen LogP contribution is 2.36. The largest absolute Gasteiger partial charge is 0.337 e. The van der Waals surface area contributed by atoms with Crippen LogP contribution in [0.15, 0.2) is 12.7 Å². The van der Waals surface area contributed by atoms with Crippen molar-refractivity contribution in [3.05, 3.63) is 12.7 Å². The summed E-state index contributed by atoms with van der Waals surface area (Å²) in [5, 5.41) is 0. The van der Waals surface area contributed by atoms with Gasteiger partial charge in [-0.3, -0.25) is 4.79 Å². The van der Waals surface area contributed by atoms with Crippen LogP contribution in [0.25, 0.3) is 0 Å². The first kappa shape index (κ1) is 11.2. The molecule has 0 aromatic heterocycles. The molecule has 0 aromatic rings. The average Bonchev–Trinajstić information content (AvgIpc) is 2.11. The molecule has 5 heteroatoms. The molecule has 1 amide bonds. The van der Waals surface area contributed by atoms with Gasteiger partial charge in [-0.05, 0) is 19.9 Å². The number of hydrogen-bond donors (Lipinski definition) is 0. The zero-order valence-corrected chi connectivity index (χ0v) is 9.47. The molecule has 0 bridgehead atoms. The van der Waals surface area contributed by atoms with E-state index in [4.69, 9.17) is 0 Å². The summed E-state index contributed by atoms with van der Waals surface area (Å²) in [6.45, 7) is 6.65. The molecular formula is C9H15NO3S. The summed E-state index contributed by atoms with van der Waals surface area (Å²) in [7, 11) is -1.42. The summed E-state index contributed by atoms with van der Waals surface area (Å²) < 4.78 is 22.0. The molecular weight excluding hydrogens is 202 g/mol. The molecule has 1 saturated heterocycles. The van der Waals surface area contributed by atoms with Crippen LogP contribution in [0.3, 0.4) is 0 Å². The van der Waals surface area contributed by atoms with Crippen LogP contribution in [0, 0.1) is 0 Å². The van der Waals surface area contributed by atoms with Gasteiger partial charge >= 0.3 is 0 Å². The lowest BCUT2D eigenvalue weighted by Crippen LogP contribution is -2.66. The van der Waals surface area contributed by atoms with Crippen LogP contribution in [0.5, 0.6) is 0 Å². The molecule has 80 valence electrons. The minimum absolute atomic E-state index is 0.0517. The minimum atomic E-state index is -3.02. The number of carbonyl (C=O) groups is 1. The molecule has 0 saturated carbocycles. The lowest BCUT2D eigenvalue weighted by atomic mass is 10.0. The van der Waals surface area contributed by atoms with Crippen LogP contribution < -0.4 is 0 Å². The first-order chi connectivity index (χ1) is 6.24. The zero-order chi connectivity index (χ0) is 11.1.